The van der Waals surface area contributed by atoms with Crippen LogP contribution >= 0.6 is 11.6 Å². The third-order valence-corrected chi connectivity index (χ3v) is 1.88. The van der Waals surface area contributed by atoms with E-state index in [9.17, 15) is 5.11 Å². The van der Waals surface area contributed by atoms with Crippen LogP contribution in [0.4, 0.5) is 0 Å². The van der Waals surface area contributed by atoms with E-state index in [0.29, 0.717) is 10.4 Å². The number of rotatable bonds is 0. The molecule has 1 radical (unpaired) electrons. The van der Waals surface area contributed by atoms with Crippen LogP contribution in [0.5, 0.6) is 5.75 Å². The molecule has 0 aliphatic rings. The van der Waals surface area contributed by atoms with Gasteiger partial charge >= 0.3 is 0 Å². The maximum Gasteiger partial charge on any atom is 0.125 e. The number of nitrogens with one attached hydrogen (secondary N) is 1. The van der Waals surface area contributed by atoms with Gasteiger partial charge in [-0.25, -0.2) is 0 Å². The maximum absolute atomic E-state index is 9.27. The van der Waals surface area contributed by atoms with Gasteiger partial charge in [-0.2, -0.15) is 0 Å². The molecule has 2 aromatic rings. The molecule has 1 aromatic heterocycles. The molecule has 0 spiro atoms. The lowest BCUT2D eigenvalue weighted by Gasteiger charge is -1.95. The van der Waals surface area contributed by atoms with E-state index in [1.165, 1.54) is 0 Å². The van der Waals surface area contributed by atoms with Gasteiger partial charge in [0.15, 0.2) is 0 Å². The number of benzene rings is 1. The van der Waals surface area contributed by atoms with E-state index in [1.807, 2.05) is 0 Å². The predicted molar refractivity (Wildman–Crippen MR) is 43.8 cm³/mol. The van der Waals surface area contributed by atoms with Gasteiger partial charge in [0, 0.05) is 12.3 Å². The standard InChI is InChI=1S/C8H5ClNO/c9-6-1-2-7(11)5-3-4-10-8(5)6/h1-2,4,10-11H. The largest absolute Gasteiger partial charge is 0.507 e. The highest BCUT2D eigenvalue weighted by atomic mass is 35.5. The highest BCUT2D eigenvalue weighted by Gasteiger charge is 2.03. The van der Waals surface area contributed by atoms with E-state index in [0.717, 1.165) is 5.52 Å². The minimum absolute atomic E-state index is 0.200. The van der Waals surface area contributed by atoms with Crippen molar-refractivity contribution in [1.29, 1.82) is 0 Å². The van der Waals surface area contributed by atoms with Crippen molar-refractivity contribution in [3.8, 4) is 5.75 Å². The highest BCUT2D eigenvalue weighted by molar-refractivity contribution is 6.35. The summed E-state index contributed by atoms with van der Waals surface area (Å²) in [6.45, 7) is 0. The quantitative estimate of drug-likeness (QED) is 0.619. The van der Waals surface area contributed by atoms with E-state index in [1.54, 1.807) is 18.3 Å². The number of fused-ring (bicyclic) bond motifs is 1. The third-order valence-electron chi connectivity index (χ3n) is 1.57. The van der Waals surface area contributed by atoms with Gasteiger partial charge in [-0.05, 0) is 12.1 Å². The zero-order chi connectivity index (χ0) is 7.84. The molecule has 2 N–H and O–H groups in total. The van der Waals surface area contributed by atoms with Crippen LogP contribution in [0.15, 0.2) is 18.3 Å². The van der Waals surface area contributed by atoms with Gasteiger partial charge in [-0.15, -0.1) is 0 Å². The summed E-state index contributed by atoms with van der Waals surface area (Å²) in [6.07, 6.45) is 1.62. The Morgan fingerprint density at radius 2 is 2.27 bits per heavy atom. The lowest BCUT2D eigenvalue weighted by Crippen LogP contribution is -1.70. The Labute approximate surface area is 68.4 Å². The number of hydrogen-bond acceptors (Lipinski definition) is 1. The van der Waals surface area contributed by atoms with Gasteiger partial charge in [0.1, 0.15) is 5.75 Å². The number of phenolic OH excluding ortho intramolecular Hbond substituents is 1. The molecular weight excluding hydrogens is 162 g/mol. The number of phenols is 1. The second-order valence-electron chi connectivity index (χ2n) is 2.25. The summed E-state index contributed by atoms with van der Waals surface area (Å²) in [6, 6.07) is 6.03. The number of aromatic nitrogens is 1. The second-order valence-corrected chi connectivity index (χ2v) is 2.66. The molecule has 0 atom stereocenters. The Hall–Kier alpha value is -1.15. The first-order chi connectivity index (χ1) is 5.29. The molecule has 0 amide bonds. The normalized spacial score (nSPS) is 10.6. The molecule has 55 valence electrons. The van der Waals surface area contributed by atoms with Crippen molar-refractivity contribution >= 4 is 22.5 Å². The monoisotopic (exact) mass is 166 g/mol. The SMILES string of the molecule is Oc1ccc(Cl)c2[nH]c[c]c12. The van der Waals surface area contributed by atoms with Crippen molar-refractivity contribution in [2.75, 3.05) is 0 Å². The van der Waals surface area contributed by atoms with Crippen LogP contribution in [-0.4, -0.2) is 10.1 Å². The van der Waals surface area contributed by atoms with Crippen molar-refractivity contribution in [1.82, 2.24) is 4.98 Å². The fourth-order valence-electron chi connectivity index (χ4n) is 1.03. The minimum Gasteiger partial charge on any atom is -0.507 e. The molecule has 0 unspecified atom stereocenters. The van der Waals surface area contributed by atoms with Gasteiger partial charge in [0.2, 0.25) is 0 Å². The Balaban J connectivity index is 2.96. The van der Waals surface area contributed by atoms with Crippen LogP contribution in [0.25, 0.3) is 10.9 Å². The highest BCUT2D eigenvalue weighted by Crippen LogP contribution is 2.28. The van der Waals surface area contributed by atoms with Gasteiger partial charge in [-0.3, -0.25) is 0 Å². The van der Waals surface area contributed by atoms with Crippen LogP contribution in [-0.2, 0) is 0 Å². The predicted octanol–water partition coefficient (Wildman–Crippen LogP) is 2.33. The lowest BCUT2D eigenvalue weighted by atomic mass is 10.2. The zero-order valence-corrected chi connectivity index (χ0v) is 6.31. The smallest absolute Gasteiger partial charge is 0.125 e. The molecule has 2 rings (SSSR count). The van der Waals surface area contributed by atoms with Gasteiger partial charge in [0.05, 0.1) is 15.9 Å². The summed E-state index contributed by atoms with van der Waals surface area (Å²) in [7, 11) is 0. The third kappa shape index (κ3) is 0.870. The van der Waals surface area contributed by atoms with Crippen molar-refractivity contribution < 1.29 is 5.11 Å². The number of H-pyrrole nitrogens is 1. The minimum atomic E-state index is 0.200. The molecule has 2 nitrogen and oxygen atoms in total. The Kier molecular flexibility index (Phi) is 1.29. The first-order valence-corrected chi connectivity index (χ1v) is 3.53. The molecule has 0 fully saturated rings. The Morgan fingerprint density at radius 3 is 3.00 bits per heavy atom. The number of aromatic hydroxyl groups is 1. The summed E-state index contributed by atoms with van der Waals surface area (Å²) in [4.78, 5) is 2.88. The molecule has 0 saturated heterocycles. The molecular formula is C8H5ClNO. The van der Waals surface area contributed by atoms with Gasteiger partial charge in [0.25, 0.3) is 0 Å². The molecule has 3 heteroatoms. The van der Waals surface area contributed by atoms with Crippen molar-refractivity contribution in [2.24, 2.45) is 0 Å². The summed E-state index contributed by atoms with van der Waals surface area (Å²) in [5, 5.41) is 10.5. The summed E-state index contributed by atoms with van der Waals surface area (Å²) >= 11 is 5.81. The van der Waals surface area contributed by atoms with E-state index in [-0.39, 0.29) is 5.75 Å². The summed E-state index contributed by atoms with van der Waals surface area (Å²) < 4.78 is 0. The summed E-state index contributed by atoms with van der Waals surface area (Å²) in [5.74, 6) is 0.200. The van der Waals surface area contributed by atoms with Crippen molar-refractivity contribution in [2.45, 2.75) is 0 Å². The van der Waals surface area contributed by atoms with E-state index in [4.69, 9.17) is 11.6 Å². The number of hydrogen-bond donors (Lipinski definition) is 2. The lowest BCUT2D eigenvalue weighted by molar-refractivity contribution is 0.481. The average molecular weight is 167 g/mol. The molecule has 0 aliphatic carbocycles. The first-order valence-electron chi connectivity index (χ1n) is 3.15. The maximum atomic E-state index is 9.27. The zero-order valence-electron chi connectivity index (χ0n) is 5.56. The van der Waals surface area contributed by atoms with Crippen LogP contribution in [0, 0.1) is 6.07 Å². The Morgan fingerprint density at radius 1 is 1.45 bits per heavy atom. The van der Waals surface area contributed by atoms with E-state index in [2.05, 4.69) is 11.1 Å². The fourth-order valence-corrected chi connectivity index (χ4v) is 1.25. The molecule has 0 saturated carbocycles. The molecule has 1 aromatic carbocycles. The molecule has 0 aliphatic heterocycles. The fraction of sp³-hybridized carbons (Fsp3) is 0. The van der Waals surface area contributed by atoms with Crippen LogP contribution in [0.1, 0.15) is 0 Å². The van der Waals surface area contributed by atoms with Crippen molar-refractivity contribution in [3.05, 3.63) is 29.4 Å². The van der Waals surface area contributed by atoms with Crippen LogP contribution in [0.2, 0.25) is 5.02 Å². The van der Waals surface area contributed by atoms with Gasteiger partial charge in [-0.1, -0.05) is 11.6 Å². The van der Waals surface area contributed by atoms with Gasteiger partial charge < -0.3 is 10.1 Å². The van der Waals surface area contributed by atoms with Crippen molar-refractivity contribution in [3.63, 3.8) is 0 Å². The topological polar surface area (TPSA) is 36.0 Å². The number of halogens is 1. The van der Waals surface area contributed by atoms with E-state index >= 15 is 0 Å². The molecule has 1 heterocycles. The molecule has 11 heavy (non-hydrogen) atoms. The van der Waals surface area contributed by atoms with Crippen LogP contribution in [0.3, 0.4) is 0 Å². The molecule has 0 bridgehead atoms. The first kappa shape index (κ1) is 6.55. The van der Waals surface area contributed by atoms with E-state index < -0.39 is 0 Å². The second kappa shape index (κ2) is 2.17. The van der Waals surface area contributed by atoms with Crippen LogP contribution < -0.4 is 0 Å². The summed E-state index contributed by atoms with van der Waals surface area (Å²) in [5.41, 5.74) is 0.728. The number of aromatic amines is 1. The Bertz CT molecular complexity index is 358. The average Bonchev–Trinajstić information content (AvgIpc) is 2.45.